The van der Waals surface area contributed by atoms with Crippen molar-refractivity contribution in [3.8, 4) is 11.5 Å². The van der Waals surface area contributed by atoms with E-state index in [0.717, 1.165) is 26.6 Å². The molecule has 3 aromatic carbocycles. The third-order valence-electron chi connectivity index (χ3n) is 6.10. The van der Waals surface area contributed by atoms with E-state index in [4.69, 9.17) is 9.47 Å². The van der Waals surface area contributed by atoms with Crippen LogP contribution in [0.15, 0.2) is 65.6 Å². The lowest BCUT2D eigenvalue weighted by molar-refractivity contribution is -0.120. The van der Waals surface area contributed by atoms with Gasteiger partial charge in [-0.05, 0) is 62.6 Å². The maximum Gasteiger partial charge on any atom is 0.264 e. The molecule has 0 heterocycles. The van der Waals surface area contributed by atoms with Gasteiger partial charge in [0.05, 0.1) is 30.8 Å². The molecule has 1 atom stereocenters. The zero-order chi connectivity index (χ0) is 26.5. The second-order valence-electron chi connectivity index (χ2n) is 8.75. The highest BCUT2D eigenvalue weighted by Gasteiger charge is 2.30. The second-order valence-corrected chi connectivity index (χ2v) is 10.6. The Morgan fingerprint density at radius 3 is 2.17 bits per heavy atom. The maximum absolute atomic E-state index is 13.8. The van der Waals surface area contributed by atoms with E-state index in [2.05, 4.69) is 11.4 Å². The molecule has 0 aliphatic rings. The van der Waals surface area contributed by atoms with Crippen molar-refractivity contribution in [2.45, 2.75) is 45.1 Å². The van der Waals surface area contributed by atoms with Crippen LogP contribution >= 0.6 is 0 Å². The van der Waals surface area contributed by atoms with Crippen LogP contribution in [0.2, 0.25) is 0 Å². The van der Waals surface area contributed by atoms with E-state index in [0.29, 0.717) is 17.9 Å². The highest BCUT2D eigenvalue weighted by atomic mass is 32.2. The van der Waals surface area contributed by atoms with Crippen molar-refractivity contribution in [3.63, 3.8) is 0 Å². The fourth-order valence-electron chi connectivity index (χ4n) is 4.12. The SMILES string of the molecule is CCC(NC(=O)CN(c1cc(OC)ccc1OC)S(=O)(=O)c1ccc(C)cc1)c1ccc(C)cc1C. The molecule has 0 aliphatic carbocycles. The van der Waals surface area contributed by atoms with E-state index in [1.54, 1.807) is 30.3 Å². The Labute approximate surface area is 214 Å². The van der Waals surface area contributed by atoms with Crippen molar-refractivity contribution in [2.24, 2.45) is 0 Å². The van der Waals surface area contributed by atoms with Gasteiger partial charge in [-0.15, -0.1) is 0 Å². The summed E-state index contributed by atoms with van der Waals surface area (Å²) in [5.74, 6) is 0.320. The van der Waals surface area contributed by atoms with E-state index in [9.17, 15) is 13.2 Å². The Hall–Kier alpha value is -3.52. The molecule has 3 rings (SSSR count). The van der Waals surface area contributed by atoms with Crippen molar-refractivity contribution >= 4 is 21.6 Å². The first-order valence-corrected chi connectivity index (χ1v) is 13.2. The molecule has 1 amide bonds. The van der Waals surface area contributed by atoms with Gasteiger partial charge >= 0.3 is 0 Å². The summed E-state index contributed by atoms with van der Waals surface area (Å²) >= 11 is 0. The number of rotatable bonds is 10. The predicted octanol–water partition coefficient (Wildman–Crippen LogP) is 5.09. The summed E-state index contributed by atoms with van der Waals surface area (Å²) in [6.07, 6.45) is 0.656. The quantitative estimate of drug-likeness (QED) is 0.411. The van der Waals surface area contributed by atoms with Gasteiger partial charge in [-0.25, -0.2) is 8.42 Å². The summed E-state index contributed by atoms with van der Waals surface area (Å²) in [6.45, 7) is 7.46. The van der Waals surface area contributed by atoms with Gasteiger partial charge in [0.25, 0.3) is 10.0 Å². The van der Waals surface area contributed by atoms with Crippen LogP contribution in [0.25, 0.3) is 0 Å². The number of nitrogens with one attached hydrogen (secondary N) is 1. The number of sulfonamides is 1. The highest BCUT2D eigenvalue weighted by Crippen LogP contribution is 2.35. The topological polar surface area (TPSA) is 84.9 Å². The zero-order valence-electron chi connectivity index (χ0n) is 21.7. The van der Waals surface area contributed by atoms with Crippen LogP contribution in [0.3, 0.4) is 0 Å². The fourth-order valence-corrected chi connectivity index (χ4v) is 5.54. The summed E-state index contributed by atoms with van der Waals surface area (Å²) in [5, 5.41) is 3.03. The predicted molar refractivity (Wildman–Crippen MR) is 142 cm³/mol. The number of hydrogen-bond donors (Lipinski definition) is 1. The Bertz CT molecular complexity index is 1320. The summed E-state index contributed by atoms with van der Waals surface area (Å²) in [6, 6.07) is 17.2. The number of aryl methyl sites for hydroxylation is 3. The van der Waals surface area contributed by atoms with Gasteiger partial charge in [0.2, 0.25) is 5.91 Å². The number of carbonyl (C=O) groups is 1. The van der Waals surface area contributed by atoms with Crippen LogP contribution in [0.4, 0.5) is 5.69 Å². The molecule has 1 N–H and O–H groups in total. The number of anilines is 1. The Morgan fingerprint density at radius 2 is 1.58 bits per heavy atom. The first-order valence-electron chi connectivity index (χ1n) is 11.8. The van der Waals surface area contributed by atoms with Crippen molar-refractivity contribution in [2.75, 3.05) is 25.1 Å². The van der Waals surface area contributed by atoms with Crippen LogP contribution < -0.4 is 19.1 Å². The van der Waals surface area contributed by atoms with Crippen LogP contribution in [0.1, 0.15) is 41.6 Å². The Morgan fingerprint density at radius 1 is 0.917 bits per heavy atom. The third kappa shape index (κ3) is 5.99. The van der Waals surface area contributed by atoms with Gasteiger partial charge in [-0.2, -0.15) is 0 Å². The first-order chi connectivity index (χ1) is 17.1. The number of benzene rings is 3. The summed E-state index contributed by atoms with van der Waals surface area (Å²) < 4.78 is 39.5. The van der Waals surface area contributed by atoms with Gasteiger partial charge in [0, 0.05) is 6.07 Å². The number of amides is 1. The summed E-state index contributed by atoms with van der Waals surface area (Å²) in [4.78, 5) is 13.4. The van der Waals surface area contributed by atoms with Crippen LogP contribution in [0, 0.1) is 20.8 Å². The van der Waals surface area contributed by atoms with Crippen molar-refractivity contribution < 1.29 is 22.7 Å². The first kappa shape index (κ1) is 27.1. The average molecular weight is 511 g/mol. The minimum absolute atomic E-state index is 0.0761. The molecule has 0 aliphatic heterocycles. The lowest BCUT2D eigenvalue weighted by Gasteiger charge is -2.27. The highest BCUT2D eigenvalue weighted by molar-refractivity contribution is 7.92. The van der Waals surface area contributed by atoms with E-state index in [1.165, 1.54) is 26.4 Å². The monoisotopic (exact) mass is 510 g/mol. The number of methoxy groups -OCH3 is 2. The number of hydrogen-bond acceptors (Lipinski definition) is 5. The standard InChI is InChI=1S/C28H34N2O5S/c1-7-25(24-14-10-20(3)16-21(24)4)29-28(31)18-30(26-17-22(34-5)11-15-27(26)35-6)36(32,33)23-12-8-19(2)9-13-23/h8-17,25H,7,18H2,1-6H3,(H,29,31). The van der Waals surface area contributed by atoms with Crippen LogP contribution in [-0.4, -0.2) is 35.1 Å². The third-order valence-corrected chi connectivity index (χ3v) is 7.87. The van der Waals surface area contributed by atoms with Gasteiger partial charge in [-0.1, -0.05) is 48.4 Å². The van der Waals surface area contributed by atoms with Crippen molar-refractivity contribution in [1.29, 1.82) is 0 Å². The second kappa shape index (κ2) is 11.5. The molecule has 8 heteroatoms. The van der Waals surface area contributed by atoms with E-state index >= 15 is 0 Å². The zero-order valence-corrected chi connectivity index (χ0v) is 22.5. The Balaban J connectivity index is 2.02. The molecule has 0 aromatic heterocycles. The number of nitrogens with zero attached hydrogens (tertiary/aromatic N) is 1. The van der Waals surface area contributed by atoms with Crippen molar-refractivity contribution in [1.82, 2.24) is 5.32 Å². The molecule has 0 bridgehead atoms. The summed E-state index contributed by atoms with van der Waals surface area (Å²) in [5.41, 5.74) is 4.35. The summed E-state index contributed by atoms with van der Waals surface area (Å²) in [7, 11) is -1.16. The van der Waals surface area contributed by atoms with E-state index < -0.39 is 22.5 Å². The molecule has 0 saturated carbocycles. The number of ether oxygens (including phenoxy) is 2. The fraction of sp³-hybridized carbons (Fsp3) is 0.321. The molecule has 0 fully saturated rings. The minimum atomic E-state index is -4.11. The molecule has 0 radical (unpaired) electrons. The molecule has 7 nitrogen and oxygen atoms in total. The van der Waals surface area contributed by atoms with Gasteiger partial charge in [-0.3, -0.25) is 9.10 Å². The van der Waals surface area contributed by atoms with Crippen LogP contribution in [-0.2, 0) is 14.8 Å². The smallest absolute Gasteiger partial charge is 0.264 e. The van der Waals surface area contributed by atoms with Crippen LogP contribution in [0.5, 0.6) is 11.5 Å². The van der Waals surface area contributed by atoms with Crippen molar-refractivity contribution in [3.05, 3.63) is 82.9 Å². The molecule has 192 valence electrons. The molecule has 1 unspecified atom stereocenters. The number of carbonyl (C=O) groups excluding carboxylic acids is 1. The van der Waals surface area contributed by atoms with E-state index in [1.807, 2.05) is 39.8 Å². The van der Waals surface area contributed by atoms with E-state index in [-0.39, 0.29) is 16.6 Å². The molecule has 0 saturated heterocycles. The van der Waals surface area contributed by atoms with Gasteiger partial charge < -0.3 is 14.8 Å². The van der Waals surface area contributed by atoms with Gasteiger partial charge in [0.15, 0.2) is 0 Å². The lowest BCUT2D eigenvalue weighted by atomic mass is 9.97. The average Bonchev–Trinajstić information content (AvgIpc) is 2.86. The largest absolute Gasteiger partial charge is 0.497 e. The lowest BCUT2D eigenvalue weighted by Crippen LogP contribution is -2.42. The van der Waals surface area contributed by atoms with Gasteiger partial charge in [0.1, 0.15) is 18.0 Å². The minimum Gasteiger partial charge on any atom is -0.497 e. The molecular weight excluding hydrogens is 476 g/mol. The molecule has 0 spiro atoms. The normalized spacial score (nSPS) is 12.1. The molecule has 3 aromatic rings. The molecular formula is C28H34N2O5S. The molecule has 36 heavy (non-hydrogen) atoms. The Kier molecular flexibility index (Phi) is 8.63. The maximum atomic E-state index is 13.8.